The van der Waals surface area contributed by atoms with Gasteiger partial charge < -0.3 is 10.0 Å². The first-order valence-corrected chi connectivity index (χ1v) is 8.01. The van der Waals surface area contributed by atoms with Gasteiger partial charge in [0.15, 0.2) is 0 Å². The molecule has 1 aliphatic carbocycles. The van der Waals surface area contributed by atoms with Gasteiger partial charge in [0, 0.05) is 19.5 Å². The largest absolute Gasteiger partial charge is 0.481 e. The molecule has 1 amide bonds. The van der Waals surface area contributed by atoms with Crippen molar-refractivity contribution in [2.75, 3.05) is 13.6 Å². The van der Waals surface area contributed by atoms with Gasteiger partial charge in [-0.1, -0.05) is 37.3 Å². The van der Waals surface area contributed by atoms with Crippen LogP contribution in [0.2, 0.25) is 0 Å². The Balaban J connectivity index is 1.86. The van der Waals surface area contributed by atoms with Crippen molar-refractivity contribution in [1.82, 2.24) is 4.90 Å². The summed E-state index contributed by atoms with van der Waals surface area (Å²) in [6, 6.07) is 10.2. The van der Waals surface area contributed by atoms with Gasteiger partial charge >= 0.3 is 5.97 Å². The normalized spacial score (nSPS) is 22.8. The van der Waals surface area contributed by atoms with E-state index in [9.17, 15) is 9.59 Å². The first-order valence-electron chi connectivity index (χ1n) is 8.01. The van der Waals surface area contributed by atoms with E-state index < -0.39 is 5.97 Å². The molecule has 1 saturated carbocycles. The monoisotopic (exact) mass is 303 g/mol. The number of amides is 1. The van der Waals surface area contributed by atoms with E-state index >= 15 is 0 Å². The first-order chi connectivity index (χ1) is 10.5. The summed E-state index contributed by atoms with van der Waals surface area (Å²) in [4.78, 5) is 25.3. The van der Waals surface area contributed by atoms with Crippen LogP contribution in [-0.2, 0) is 9.59 Å². The minimum Gasteiger partial charge on any atom is -0.481 e. The fourth-order valence-corrected chi connectivity index (χ4v) is 3.29. The van der Waals surface area contributed by atoms with E-state index in [0.29, 0.717) is 38.1 Å². The zero-order valence-electron chi connectivity index (χ0n) is 13.4. The summed E-state index contributed by atoms with van der Waals surface area (Å²) in [5.41, 5.74) is 1.23. The first kappa shape index (κ1) is 16.5. The molecule has 4 nitrogen and oxygen atoms in total. The van der Waals surface area contributed by atoms with Gasteiger partial charge in [0.2, 0.25) is 5.91 Å². The molecule has 0 aliphatic heterocycles. The van der Waals surface area contributed by atoms with Crippen LogP contribution < -0.4 is 0 Å². The lowest BCUT2D eigenvalue weighted by molar-refractivity contribution is -0.145. The minimum atomic E-state index is -0.725. The van der Waals surface area contributed by atoms with Crippen LogP contribution in [0.1, 0.15) is 44.1 Å². The predicted octanol–water partition coefficient (Wildman–Crippen LogP) is 3.14. The van der Waals surface area contributed by atoms with Crippen LogP contribution in [0.3, 0.4) is 0 Å². The Kier molecular flexibility index (Phi) is 5.58. The molecule has 0 heterocycles. The molecule has 0 aromatic heterocycles. The highest BCUT2D eigenvalue weighted by Gasteiger charge is 2.31. The fourth-order valence-electron chi connectivity index (χ4n) is 3.29. The van der Waals surface area contributed by atoms with Gasteiger partial charge in [-0.2, -0.15) is 0 Å². The number of hydrogen-bond donors (Lipinski definition) is 1. The van der Waals surface area contributed by atoms with E-state index in [1.54, 1.807) is 0 Å². The van der Waals surface area contributed by atoms with Crippen molar-refractivity contribution in [3.05, 3.63) is 35.9 Å². The molecule has 22 heavy (non-hydrogen) atoms. The molecule has 0 saturated heterocycles. The van der Waals surface area contributed by atoms with Crippen LogP contribution in [0, 0.1) is 11.8 Å². The lowest BCUT2D eigenvalue weighted by atomic mass is 9.81. The van der Waals surface area contributed by atoms with Crippen molar-refractivity contribution in [2.45, 2.75) is 38.5 Å². The molecule has 2 rings (SSSR count). The van der Waals surface area contributed by atoms with Crippen LogP contribution >= 0.6 is 0 Å². The van der Waals surface area contributed by atoms with E-state index in [1.165, 1.54) is 5.56 Å². The highest BCUT2D eigenvalue weighted by molar-refractivity contribution is 5.79. The second-order valence-electron chi connectivity index (χ2n) is 6.42. The number of carboxylic acid groups (broad SMARTS) is 1. The minimum absolute atomic E-state index is 0.0106. The van der Waals surface area contributed by atoms with Gasteiger partial charge in [0.1, 0.15) is 0 Å². The van der Waals surface area contributed by atoms with Gasteiger partial charge in [0.25, 0.3) is 0 Å². The molecular formula is C18H25NO3. The maximum atomic E-state index is 12.5. The summed E-state index contributed by atoms with van der Waals surface area (Å²) in [6.45, 7) is 2.82. The van der Waals surface area contributed by atoms with E-state index in [-0.39, 0.29) is 17.7 Å². The molecule has 1 fully saturated rings. The summed E-state index contributed by atoms with van der Waals surface area (Å²) in [5.74, 6) is -0.546. The van der Waals surface area contributed by atoms with E-state index in [4.69, 9.17) is 5.11 Å². The van der Waals surface area contributed by atoms with Crippen molar-refractivity contribution in [3.63, 3.8) is 0 Å². The molecule has 0 spiro atoms. The second-order valence-corrected chi connectivity index (χ2v) is 6.42. The Hall–Kier alpha value is -1.84. The fraction of sp³-hybridized carbons (Fsp3) is 0.556. The maximum Gasteiger partial charge on any atom is 0.306 e. The summed E-state index contributed by atoms with van der Waals surface area (Å²) in [5, 5.41) is 9.02. The van der Waals surface area contributed by atoms with E-state index in [1.807, 2.05) is 30.1 Å². The van der Waals surface area contributed by atoms with Crippen LogP contribution in [0.25, 0.3) is 0 Å². The van der Waals surface area contributed by atoms with Gasteiger partial charge in [-0.3, -0.25) is 9.59 Å². The number of carbonyl (C=O) groups is 2. The molecule has 1 aliphatic rings. The zero-order chi connectivity index (χ0) is 16.1. The molecule has 120 valence electrons. The smallest absolute Gasteiger partial charge is 0.306 e. The van der Waals surface area contributed by atoms with Crippen LogP contribution in [0.4, 0.5) is 0 Å². The molecule has 4 heteroatoms. The Morgan fingerprint density at radius 1 is 1.14 bits per heavy atom. The maximum absolute atomic E-state index is 12.5. The Morgan fingerprint density at radius 3 is 2.23 bits per heavy atom. The third kappa shape index (κ3) is 4.09. The number of carbonyl (C=O) groups excluding carboxylic acids is 1. The second kappa shape index (κ2) is 7.43. The van der Waals surface area contributed by atoms with Crippen LogP contribution in [-0.4, -0.2) is 35.5 Å². The number of carboxylic acids is 1. The molecule has 0 radical (unpaired) electrons. The lowest BCUT2D eigenvalue weighted by Gasteiger charge is -2.30. The zero-order valence-corrected chi connectivity index (χ0v) is 13.4. The molecule has 1 aromatic rings. The van der Waals surface area contributed by atoms with Gasteiger partial charge in [-0.15, -0.1) is 0 Å². The average Bonchev–Trinajstić information content (AvgIpc) is 2.55. The molecule has 0 bridgehead atoms. The van der Waals surface area contributed by atoms with Crippen molar-refractivity contribution >= 4 is 11.9 Å². The molecular weight excluding hydrogens is 278 g/mol. The predicted molar refractivity (Wildman–Crippen MR) is 85.6 cm³/mol. The van der Waals surface area contributed by atoms with Crippen molar-refractivity contribution in [2.24, 2.45) is 11.8 Å². The molecule has 1 atom stereocenters. The number of likely N-dealkylation sites (N-methyl/N-ethyl adjacent to an activating group) is 1. The highest BCUT2D eigenvalue weighted by atomic mass is 16.4. The summed E-state index contributed by atoms with van der Waals surface area (Å²) >= 11 is 0. The topological polar surface area (TPSA) is 57.6 Å². The Morgan fingerprint density at radius 2 is 1.68 bits per heavy atom. The van der Waals surface area contributed by atoms with Gasteiger partial charge in [0.05, 0.1) is 5.92 Å². The third-order valence-electron chi connectivity index (χ3n) is 4.72. The molecule has 1 N–H and O–H groups in total. The van der Waals surface area contributed by atoms with Crippen LogP contribution in [0.15, 0.2) is 30.3 Å². The Bertz CT molecular complexity index is 506. The lowest BCUT2D eigenvalue weighted by Crippen LogP contribution is -2.37. The average molecular weight is 303 g/mol. The van der Waals surface area contributed by atoms with Gasteiger partial charge in [-0.05, 0) is 37.2 Å². The SMILES string of the molecule is CC(CN(C)C(=O)C1CCC(C(=O)O)CC1)c1ccccc1. The highest BCUT2D eigenvalue weighted by Crippen LogP contribution is 2.30. The summed E-state index contributed by atoms with van der Waals surface area (Å²) in [7, 11) is 1.85. The summed E-state index contributed by atoms with van der Waals surface area (Å²) < 4.78 is 0. The number of hydrogen-bond acceptors (Lipinski definition) is 2. The van der Waals surface area contributed by atoms with Crippen molar-refractivity contribution < 1.29 is 14.7 Å². The molecule has 1 unspecified atom stereocenters. The Labute approximate surface area is 132 Å². The van der Waals surface area contributed by atoms with E-state index in [0.717, 1.165) is 0 Å². The molecule has 1 aromatic carbocycles. The standard InChI is InChI=1S/C18H25NO3/c1-13(14-6-4-3-5-7-14)12-19(2)17(20)15-8-10-16(11-9-15)18(21)22/h3-7,13,15-16H,8-12H2,1-2H3,(H,21,22). The van der Waals surface area contributed by atoms with Gasteiger partial charge in [-0.25, -0.2) is 0 Å². The quantitative estimate of drug-likeness (QED) is 0.909. The van der Waals surface area contributed by atoms with E-state index in [2.05, 4.69) is 19.1 Å². The van der Waals surface area contributed by atoms with Crippen LogP contribution in [0.5, 0.6) is 0 Å². The van der Waals surface area contributed by atoms with Crippen molar-refractivity contribution in [1.29, 1.82) is 0 Å². The third-order valence-corrected chi connectivity index (χ3v) is 4.72. The number of benzene rings is 1. The number of rotatable bonds is 5. The summed E-state index contributed by atoms with van der Waals surface area (Å²) in [6.07, 6.45) is 2.63. The van der Waals surface area contributed by atoms with Crippen molar-refractivity contribution in [3.8, 4) is 0 Å². The number of nitrogens with zero attached hydrogens (tertiary/aromatic N) is 1. The number of aliphatic carboxylic acids is 1.